The lowest BCUT2D eigenvalue weighted by Crippen LogP contribution is -2.53. The quantitative estimate of drug-likeness (QED) is 0.811. The van der Waals surface area contributed by atoms with Crippen LogP contribution < -0.4 is 11.1 Å². The highest BCUT2D eigenvalue weighted by Gasteiger charge is 2.29. The van der Waals surface area contributed by atoms with Crippen molar-refractivity contribution in [2.24, 2.45) is 17.6 Å². The fraction of sp³-hybridized carbons (Fsp3) is 0.938. The summed E-state index contributed by atoms with van der Waals surface area (Å²) in [5, 5.41) is 3.24. The van der Waals surface area contributed by atoms with Crippen molar-refractivity contribution in [2.45, 2.75) is 58.2 Å². The summed E-state index contributed by atoms with van der Waals surface area (Å²) in [6, 6.07) is 0.349. The lowest BCUT2D eigenvalue weighted by molar-refractivity contribution is -0.126. The van der Waals surface area contributed by atoms with Gasteiger partial charge in [-0.2, -0.15) is 0 Å². The van der Waals surface area contributed by atoms with E-state index < -0.39 is 0 Å². The fourth-order valence-electron chi connectivity index (χ4n) is 3.43. The molecule has 2 fully saturated rings. The molecule has 5 heteroatoms. The molecule has 122 valence electrons. The fourth-order valence-corrected chi connectivity index (χ4v) is 3.43. The molecular formula is C16H31N3O2. The number of nitrogens with one attached hydrogen (secondary N) is 1. The van der Waals surface area contributed by atoms with Crippen LogP contribution in [0.2, 0.25) is 0 Å². The molecule has 0 aromatic heterocycles. The number of amides is 1. The van der Waals surface area contributed by atoms with E-state index in [1.54, 1.807) is 0 Å². The highest BCUT2D eigenvalue weighted by atomic mass is 16.5. The first kappa shape index (κ1) is 16.7. The number of nitrogens with two attached hydrogens (primary N) is 1. The Bertz CT molecular complexity index is 348. The molecule has 1 saturated heterocycles. The summed E-state index contributed by atoms with van der Waals surface area (Å²) in [6.07, 6.45) is 3.66. The van der Waals surface area contributed by atoms with Gasteiger partial charge in [0.15, 0.2) is 0 Å². The second-order valence-electron chi connectivity index (χ2n) is 6.94. The van der Waals surface area contributed by atoms with E-state index in [-0.39, 0.29) is 18.1 Å². The lowest BCUT2D eigenvalue weighted by Gasteiger charge is -2.37. The maximum absolute atomic E-state index is 12.3. The van der Waals surface area contributed by atoms with Gasteiger partial charge < -0.3 is 15.8 Å². The smallest absolute Gasteiger partial charge is 0.234 e. The molecule has 1 saturated carbocycles. The molecule has 0 aromatic carbocycles. The van der Waals surface area contributed by atoms with Crippen LogP contribution in [0.1, 0.15) is 40.0 Å². The van der Waals surface area contributed by atoms with Gasteiger partial charge in [0.1, 0.15) is 0 Å². The van der Waals surface area contributed by atoms with E-state index >= 15 is 0 Å². The van der Waals surface area contributed by atoms with Crippen molar-refractivity contribution in [3.05, 3.63) is 0 Å². The van der Waals surface area contributed by atoms with E-state index in [0.29, 0.717) is 31.0 Å². The summed E-state index contributed by atoms with van der Waals surface area (Å²) >= 11 is 0. The van der Waals surface area contributed by atoms with Crippen molar-refractivity contribution >= 4 is 5.91 Å². The van der Waals surface area contributed by atoms with Crippen molar-refractivity contribution in [1.29, 1.82) is 0 Å². The average Bonchev–Trinajstić information content (AvgIpc) is 2.44. The van der Waals surface area contributed by atoms with Gasteiger partial charge in [-0.25, -0.2) is 0 Å². The molecule has 1 heterocycles. The topological polar surface area (TPSA) is 67.6 Å². The van der Waals surface area contributed by atoms with Gasteiger partial charge in [0.05, 0.1) is 19.3 Å². The van der Waals surface area contributed by atoms with Gasteiger partial charge in [-0.3, -0.25) is 9.69 Å². The molecule has 21 heavy (non-hydrogen) atoms. The van der Waals surface area contributed by atoms with E-state index in [0.717, 1.165) is 19.5 Å². The Morgan fingerprint density at radius 2 is 2.19 bits per heavy atom. The van der Waals surface area contributed by atoms with Gasteiger partial charge in [-0.15, -0.1) is 0 Å². The third-order valence-corrected chi connectivity index (χ3v) is 5.18. The van der Waals surface area contributed by atoms with Crippen LogP contribution in [0.15, 0.2) is 0 Å². The van der Waals surface area contributed by atoms with Crippen LogP contribution in [0, 0.1) is 11.8 Å². The number of hydrogen-bond donors (Lipinski definition) is 2. The van der Waals surface area contributed by atoms with Gasteiger partial charge in [0.2, 0.25) is 5.91 Å². The molecule has 0 bridgehead atoms. The van der Waals surface area contributed by atoms with E-state index in [9.17, 15) is 4.79 Å². The van der Waals surface area contributed by atoms with Crippen molar-refractivity contribution < 1.29 is 9.53 Å². The van der Waals surface area contributed by atoms with Crippen LogP contribution in [-0.2, 0) is 9.53 Å². The minimum absolute atomic E-state index is 0.00933. The molecule has 3 N–H and O–H groups in total. The highest BCUT2D eigenvalue weighted by Crippen LogP contribution is 2.29. The Balaban J connectivity index is 1.78. The van der Waals surface area contributed by atoms with Crippen LogP contribution in [-0.4, -0.2) is 55.2 Å². The zero-order valence-electron chi connectivity index (χ0n) is 13.7. The van der Waals surface area contributed by atoms with Crippen LogP contribution >= 0.6 is 0 Å². The number of morpholine rings is 1. The summed E-state index contributed by atoms with van der Waals surface area (Å²) < 4.78 is 5.63. The molecule has 5 atom stereocenters. The largest absolute Gasteiger partial charge is 0.374 e. The van der Waals surface area contributed by atoms with Crippen LogP contribution in [0.4, 0.5) is 0 Å². The second kappa shape index (κ2) is 7.56. The summed E-state index contributed by atoms with van der Waals surface area (Å²) in [5.41, 5.74) is 5.89. The Morgan fingerprint density at radius 3 is 2.90 bits per heavy atom. The summed E-state index contributed by atoms with van der Waals surface area (Å²) in [4.78, 5) is 14.4. The number of carbonyl (C=O) groups excluding carboxylic acids is 1. The standard InChI is InChI=1S/C16H31N3O2/c1-11-5-4-6-14(12(11)2)18-16(20)10-19-7-8-21-15(9-19)13(3)17/h11-15H,4-10,17H2,1-3H3,(H,18,20). The first-order chi connectivity index (χ1) is 9.97. The van der Waals surface area contributed by atoms with Gasteiger partial charge in [0.25, 0.3) is 0 Å². The predicted molar refractivity (Wildman–Crippen MR) is 83.9 cm³/mol. The molecule has 0 radical (unpaired) electrons. The van der Waals surface area contributed by atoms with Crippen LogP contribution in [0.5, 0.6) is 0 Å². The average molecular weight is 297 g/mol. The number of rotatable bonds is 4. The molecule has 2 rings (SSSR count). The number of ether oxygens (including phenoxy) is 1. The van der Waals surface area contributed by atoms with Crippen molar-refractivity contribution in [2.75, 3.05) is 26.2 Å². The number of hydrogen-bond acceptors (Lipinski definition) is 4. The van der Waals surface area contributed by atoms with E-state index in [1.165, 1.54) is 12.8 Å². The van der Waals surface area contributed by atoms with Crippen molar-refractivity contribution in [3.8, 4) is 0 Å². The molecular weight excluding hydrogens is 266 g/mol. The zero-order chi connectivity index (χ0) is 15.4. The molecule has 0 aromatic rings. The second-order valence-corrected chi connectivity index (χ2v) is 6.94. The maximum Gasteiger partial charge on any atom is 0.234 e. The summed E-state index contributed by atoms with van der Waals surface area (Å²) in [5.74, 6) is 1.42. The molecule has 5 nitrogen and oxygen atoms in total. The third-order valence-electron chi connectivity index (χ3n) is 5.18. The molecule has 5 unspecified atom stereocenters. The predicted octanol–water partition coefficient (Wildman–Crippen LogP) is 0.975. The Labute approximate surface area is 128 Å². The Kier molecular flexibility index (Phi) is 6.02. The first-order valence-corrected chi connectivity index (χ1v) is 8.36. The normalized spacial score (nSPS) is 36.2. The summed E-state index contributed by atoms with van der Waals surface area (Å²) in [6.45, 7) is 9.20. The zero-order valence-corrected chi connectivity index (χ0v) is 13.7. The minimum atomic E-state index is 0.00933. The van der Waals surface area contributed by atoms with Gasteiger partial charge in [-0.1, -0.05) is 26.7 Å². The third kappa shape index (κ3) is 4.66. The van der Waals surface area contributed by atoms with Gasteiger partial charge in [0, 0.05) is 25.2 Å². The number of nitrogens with zero attached hydrogens (tertiary/aromatic N) is 1. The maximum atomic E-state index is 12.3. The Hall–Kier alpha value is -0.650. The monoisotopic (exact) mass is 297 g/mol. The Morgan fingerprint density at radius 1 is 1.43 bits per heavy atom. The number of carbonyl (C=O) groups is 1. The van der Waals surface area contributed by atoms with Gasteiger partial charge >= 0.3 is 0 Å². The molecule has 1 amide bonds. The van der Waals surface area contributed by atoms with Crippen molar-refractivity contribution in [3.63, 3.8) is 0 Å². The first-order valence-electron chi connectivity index (χ1n) is 8.36. The highest BCUT2D eigenvalue weighted by molar-refractivity contribution is 5.78. The molecule has 0 spiro atoms. The van der Waals surface area contributed by atoms with Gasteiger partial charge in [-0.05, 0) is 25.2 Å². The van der Waals surface area contributed by atoms with Crippen LogP contribution in [0.3, 0.4) is 0 Å². The van der Waals surface area contributed by atoms with Crippen LogP contribution in [0.25, 0.3) is 0 Å². The van der Waals surface area contributed by atoms with E-state index in [2.05, 4.69) is 24.1 Å². The minimum Gasteiger partial charge on any atom is -0.374 e. The van der Waals surface area contributed by atoms with E-state index in [1.807, 2.05) is 6.92 Å². The molecule has 2 aliphatic rings. The van der Waals surface area contributed by atoms with Crippen molar-refractivity contribution in [1.82, 2.24) is 10.2 Å². The molecule has 1 aliphatic carbocycles. The SMILES string of the molecule is CC(N)C1CN(CC(=O)NC2CCCC(C)C2C)CCO1. The summed E-state index contributed by atoms with van der Waals surface area (Å²) in [7, 11) is 0. The molecule has 1 aliphatic heterocycles. The lowest BCUT2D eigenvalue weighted by atomic mass is 9.78. The van der Waals surface area contributed by atoms with E-state index in [4.69, 9.17) is 10.5 Å².